The molecular weight excluding hydrogens is 476 g/mol. The Hall–Kier alpha value is -3.07. The fourth-order valence-corrected chi connectivity index (χ4v) is 6.68. The van der Waals surface area contributed by atoms with Crippen molar-refractivity contribution in [3.05, 3.63) is 34.0 Å². The van der Waals surface area contributed by atoms with Gasteiger partial charge in [-0.15, -0.1) is 11.3 Å². The number of fused-ring (bicyclic) bond motifs is 3. The summed E-state index contributed by atoms with van der Waals surface area (Å²) in [7, 11) is 4.68. The van der Waals surface area contributed by atoms with Gasteiger partial charge in [0.25, 0.3) is 5.91 Å². The Morgan fingerprint density at radius 2 is 1.64 bits per heavy atom. The molecule has 1 amide bonds. The molecule has 6 rings (SSSR count). The van der Waals surface area contributed by atoms with Crippen LogP contribution in [0.5, 0.6) is 17.2 Å². The van der Waals surface area contributed by atoms with E-state index < -0.39 is 0 Å². The van der Waals surface area contributed by atoms with E-state index in [1.807, 2.05) is 16.2 Å². The molecule has 0 unspecified atom stereocenters. The van der Waals surface area contributed by atoms with Crippen LogP contribution in [0.3, 0.4) is 0 Å². The summed E-state index contributed by atoms with van der Waals surface area (Å²) >= 11 is 1.87. The number of anilines is 1. The molecule has 0 bridgehead atoms. The van der Waals surface area contributed by atoms with E-state index in [4.69, 9.17) is 24.2 Å². The summed E-state index contributed by atoms with van der Waals surface area (Å²) in [5.41, 5.74) is 2.00. The molecule has 1 aliphatic heterocycles. The van der Waals surface area contributed by atoms with Crippen LogP contribution in [0.2, 0.25) is 0 Å². The van der Waals surface area contributed by atoms with Gasteiger partial charge in [0.15, 0.2) is 11.5 Å². The van der Waals surface area contributed by atoms with Crippen LogP contribution in [0.15, 0.2) is 12.1 Å². The summed E-state index contributed by atoms with van der Waals surface area (Å²) in [5, 5.41) is 1.27. The number of thiophene rings is 1. The highest BCUT2D eigenvalue weighted by Crippen LogP contribution is 2.44. The van der Waals surface area contributed by atoms with Crippen molar-refractivity contribution in [3.8, 4) is 17.2 Å². The summed E-state index contributed by atoms with van der Waals surface area (Å²) in [4.78, 5) is 30.5. The van der Waals surface area contributed by atoms with Crippen molar-refractivity contribution in [3.63, 3.8) is 0 Å². The molecule has 1 saturated carbocycles. The Balaban J connectivity index is 1.26. The minimum absolute atomic E-state index is 0.0340. The summed E-state index contributed by atoms with van der Waals surface area (Å²) in [6.07, 6.45) is 7.15. The number of carbonyl (C=O) groups is 1. The standard InChI is InChI=1S/C27H32N4O4S/c1-33-19-14-17(15-20(34-2)23(19)35-3)27(32)31-12-10-30(11-13-31)25-22-18-6-4-5-7-21(18)36-26(22)29-24(28-25)16-8-9-16/h14-16H,4-13H2,1-3H3. The first-order valence-corrected chi connectivity index (χ1v) is 13.6. The minimum atomic E-state index is -0.0340. The van der Waals surface area contributed by atoms with Gasteiger partial charge in [-0.3, -0.25) is 4.79 Å². The average molecular weight is 509 g/mol. The van der Waals surface area contributed by atoms with Gasteiger partial charge < -0.3 is 24.0 Å². The number of rotatable bonds is 6. The van der Waals surface area contributed by atoms with Crippen LogP contribution in [0.1, 0.15) is 58.2 Å². The number of hydrogen-bond donors (Lipinski definition) is 0. The molecule has 0 spiro atoms. The van der Waals surface area contributed by atoms with Gasteiger partial charge >= 0.3 is 0 Å². The van der Waals surface area contributed by atoms with Crippen molar-refractivity contribution in [1.29, 1.82) is 0 Å². The molecule has 190 valence electrons. The smallest absolute Gasteiger partial charge is 0.254 e. The molecular formula is C27H32N4O4S. The Bertz CT molecular complexity index is 1290. The van der Waals surface area contributed by atoms with Crippen LogP contribution in [0.25, 0.3) is 10.2 Å². The lowest BCUT2D eigenvalue weighted by Gasteiger charge is -2.36. The normalized spacial score (nSPS) is 17.8. The maximum atomic E-state index is 13.4. The number of nitrogens with zero attached hydrogens (tertiary/aromatic N) is 4. The molecule has 2 aromatic heterocycles. The van der Waals surface area contributed by atoms with Crippen molar-refractivity contribution in [2.75, 3.05) is 52.4 Å². The molecule has 0 atom stereocenters. The predicted molar refractivity (Wildman–Crippen MR) is 140 cm³/mol. The number of carbonyl (C=O) groups excluding carboxylic acids is 1. The fourth-order valence-electron chi connectivity index (χ4n) is 5.42. The SMILES string of the molecule is COc1cc(C(=O)N2CCN(c3nc(C4CC4)nc4sc5c(c34)CCCC5)CC2)cc(OC)c1OC. The number of aromatic nitrogens is 2. The second-order valence-corrected chi connectivity index (χ2v) is 10.8. The lowest BCUT2D eigenvalue weighted by molar-refractivity contribution is 0.0745. The quantitative estimate of drug-likeness (QED) is 0.487. The Kier molecular flexibility index (Phi) is 6.11. The topological polar surface area (TPSA) is 77.0 Å². The minimum Gasteiger partial charge on any atom is -0.493 e. The number of piperazine rings is 1. The third-order valence-corrected chi connectivity index (χ3v) is 8.72. The van der Waals surface area contributed by atoms with E-state index in [0.29, 0.717) is 41.8 Å². The largest absolute Gasteiger partial charge is 0.493 e. The summed E-state index contributed by atoms with van der Waals surface area (Å²) in [5.74, 6) is 4.02. The van der Waals surface area contributed by atoms with Crippen molar-refractivity contribution < 1.29 is 19.0 Å². The third kappa shape index (κ3) is 4.03. The lowest BCUT2D eigenvalue weighted by Crippen LogP contribution is -2.49. The number of methoxy groups -OCH3 is 3. The number of amides is 1. The van der Waals surface area contributed by atoms with Crippen molar-refractivity contribution in [2.24, 2.45) is 0 Å². The Labute approximate surface area is 215 Å². The zero-order valence-corrected chi connectivity index (χ0v) is 21.9. The van der Waals surface area contributed by atoms with Gasteiger partial charge in [-0.2, -0.15) is 0 Å². The van der Waals surface area contributed by atoms with E-state index in [9.17, 15) is 4.79 Å². The maximum Gasteiger partial charge on any atom is 0.254 e. The molecule has 36 heavy (non-hydrogen) atoms. The Morgan fingerprint density at radius 1 is 0.944 bits per heavy atom. The molecule has 2 aliphatic carbocycles. The summed E-state index contributed by atoms with van der Waals surface area (Å²) in [6, 6.07) is 3.45. The number of aryl methyl sites for hydroxylation is 2. The molecule has 1 aromatic carbocycles. The van der Waals surface area contributed by atoms with Crippen LogP contribution in [-0.4, -0.2) is 68.3 Å². The molecule has 1 saturated heterocycles. The van der Waals surface area contributed by atoms with Crippen molar-refractivity contribution in [1.82, 2.24) is 14.9 Å². The van der Waals surface area contributed by atoms with Gasteiger partial charge in [0.05, 0.1) is 26.7 Å². The fraction of sp³-hybridized carbons (Fsp3) is 0.519. The van der Waals surface area contributed by atoms with E-state index in [1.165, 1.54) is 41.5 Å². The predicted octanol–water partition coefficient (Wildman–Crippen LogP) is 4.44. The van der Waals surface area contributed by atoms with Gasteiger partial charge in [0, 0.05) is 42.5 Å². The first-order valence-electron chi connectivity index (χ1n) is 12.8. The van der Waals surface area contributed by atoms with Gasteiger partial charge in [-0.05, 0) is 56.2 Å². The second kappa shape index (κ2) is 9.42. The lowest BCUT2D eigenvalue weighted by atomic mass is 9.97. The summed E-state index contributed by atoms with van der Waals surface area (Å²) in [6.45, 7) is 2.76. The number of ether oxygens (including phenoxy) is 3. The van der Waals surface area contributed by atoms with Gasteiger partial charge in [-0.25, -0.2) is 9.97 Å². The van der Waals surface area contributed by atoms with E-state index in [2.05, 4.69) is 4.90 Å². The zero-order valence-electron chi connectivity index (χ0n) is 21.1. The highest BCUT2D eigenvalue weighted by Gasteiger charge is 2.32. The monoisotopic (exact) mass is 508 g/mol. The van der Waals surface area contributed by atoms with Crippen LogP contribution in [0, 0.1) is 0 Å². The molecule has 0 radical (unpaired) electrons. The van der Waals surface area contributed by atoms with E-state index >= 15 is 0 Å². The third-order valence-electron chi connectivity index (χ3n) is 7.53. The molecule has 3 aliphatic rings. The highest BCUT2D eigenvalue weighted by atomic mass is 32.1. The molecule has 9 heteroatoms. The van der Waals surface area contributed by atoms with E-state index in [-0.39, 0.29) is 5.91 Å². The molecule has 0 N–H and O–H groups in total. The molecule has 3 heterocycles. The van der Waals surface area contributed by atoms with Crippen molar-refractivity contribution in [2.45, 2.75) is 44.4 Å². The number of benzene rings is 1. The molecule has 2 fully saturated rings. The first kappa shape index (κ1) is 23.3. The average Bonchev–Trinajstić information content (AvgIpc) is 3.71. The van der Waals surface area contributed by atoms with Gasteiger partial charge in [0.1, 0.15) is 16.5 Å². The van der Waals surface area contributed by atoms with Crippen LogP contribution in [-0.2, 0) is 12.8 Å². The zero-order chi connectivity index (χ0) is 24.8. The second-order valence-electron chi connectivity index (χ2n) is 9.76. The number of hydrogen-bond acceptors (Lipinski definition) is 8. The van der Waals surface area contributed by atoms with E-state index in [1.54, 1.807) is 33.5 Å². The van der Waals surface area contributed by atoms with Crippen LogP contribution >= 0.6 is 11.3 Å². The molecule has 8 nitrogen and oxygen atoms in total. The van der Waals surface area contributed by atoms with Crippen LogP contribution < -0.4 is 19.1 Å². The van der Waals surface area contributed by atoms with Gasteiger partial charge in [0.2, 0.25) is 5.75 Å². The molecule has 3 aromatic rings. The highest BCUT2D eigenvalue weighted by molar-refractivity contribution is 7.19. The summed E-state index contributed by atoms with van der Waals surface area (Å²) < 4.78 is 16.3. The van der Waals surface area contributed by atoms with Gasteiger partial charge in [-0.1, -0.05) is 0 Å². The Morgan fingerprint density at radius 3 is 2.28 bits per heavy atom. The maximum absolute atomic E-state index is 13.4. The van der Waals surface area contributed by atoms with E-state index in [0.717, 1.165) is 42.4 Å². The van der Waals surface area contributed by atoms with Crippen molar-refractivity contribution >= 4 is 33.3 Å². The first-order chi connectivity index (χ1) is 17.6. The van der Waals surface area contributed by atoms with Crippen LogP contribution in [0.4, 0.5) is 5.82 Å².